The minimum Gasteiger partial charge on any atom is -0.743 e. The number of thiophene rings is 1. The molecule has 0 fully saturated rings. The third-order valence-corrected chi connectivity index (χ3v) is 10.1. The third-order valence-electron chi connectivity index (χ3n) is 5.64. The van der Waals surface area contributed by atoms with Crippen LogP contribution in [0.3, 0.4) is 0 Å². The Morgan fingerprint density at radius 2 is 1.80 bits per heavy atom. The number of carbonyl (C=O) groups is 1. The van der Waals surface area contributed by atoms with Crippen LogP contribution in [0.15, 0.2) is 52.9 Å². The van der Waals surface area contributed by atoms with Crippen LogP contribution in [-0.2, 0) is 30.8 Å². The van der Waals surface area contributed by atoms with Gasteiger partial charge in [0.25, 0.3) is 15.7 Å². The summed E-state index contributed by atoms with van der Waals surface area (Å²) in [5.41, 5.74) is 3.60. The highest BCUT2D eigenvalue weighted by Gasteiger charge is 2.29. The molecule has 15 heteroatoms. The topological polar surface area (TPSA) is 128 Å². The number of halogens is 1. The molecule has 1 N–H and O–H groups in total. The Hall–Kier alpha value is -2.56. The van der Waals surface area contributed by atoms with Crippen LogP contribution in [0.4, 0.5) is 10.1 Å². The SMILES string of the molecule is C=C.CCC(/C=C1\Sc2cc(C)c(C)cc2N1CC(=O)NS(C)(=O)=O)=C\c1sc2cc(F)sc2[n+]1CS(=O)(=O)[O-]. The number of aryl methyl sites for hydroxylation is 2. The lowest BCUT2D eigenvalue weighted by Gasteiger charge is -2.20. The second kappa shape index (κ2) is 12.5. The molecule has 9 nitrogen and oxygen atoms in total. The van der Waals surface area contributed by atoms with Crippen LogP contribution in [0, 0.1) is 19.0 Å². The second-order valence-corrected chi connectivity index (χ2v) is 14.9. The molecule has 3 aromatic rings. The molecule has 1 aliphatic heterocycles. The largest absolute Gasteiger partial charge is 0.743 e. The van der Waals surface area contributed by atoms with Gasteiger partial charge in [-0.05, 0) is 66.5 Å². The molecule has 4 rings (SSSR count). The second-order valence-electron chi connectivity index (χ2n) is 8.72. The van der Waals surface area contributed by atoms with E-state index < -0.39 is 37.1 Å². The minimum absolute atomic E-state index is 0.235. The van der Waals surface area contributed by atoms with Gasteiger partial charge in [-0.25, -0.2) is 16.8 Å². The molecule has 0 saturated carbocycles. The monoisotopic (exact) mass is 645 g/mol. The third kappa shape index (κ3) is 7.79. The first kappa shape index (κ1) is 32.0. The van der Waals surface area contributed by atoms with Crippen LogP contribution in [0.25, 0.3) is 15.6 Å². The summed E-state index contributed by atoms with van der Waals surface area (Å²) in [4.78, 5) is 15.5. The van der Waals surface area contributed by atoms with Gasteiger partial charge in [0.15, 0.2) is 15.2 Å². The molecule has 1 aliphatic rings. The number of allylic oxidation sites excluding steroid dienone is 2. The molecule has 0 spiro atoms. The minimum atomic E-state index is -4.65. The number of anilines is 1. The van der Waals surface area contributed by atoms with E-state index in [9.17, 15) is 30.6 Å². The molecule has 1 amide bonds. The van der Waals surface area contributed by atoms with Gasteiger partial charge in [-0.2, -0.15) is 8.96 Å². The van der Waals surface area contributed by atoms with Crippen molar-refractivity contribution in [3.05, 3.63) is 69.3 Å². The summed E-state index contributed by atoms with van der Waals surface area (Å²) in [7, 11) is -8.38. The number of nitrogens with one attached hydrogen (secondary N) is 1. The van der Waals surface area contributed by atoms with E-state index >= 15 is 0 Å². The van der Waals surface area contributed by atoms with Crippen LogP contribution in [0.2, 0.25) is 0 Å². The molecule has 0 radical (unpaired) electrons. The number of aromatic nitrogens is 1. The van der Waals surface area contributed by atoms with E-state index in [0.717, 1.165) is 44.9 Å². The molecule has 0 atom stereocenters. The van der Waals surface area contributed by atoms with Gasteiger partial charge in [-0.1, -0.05) is 30.0 Å². The Morgan fingerprint density at radius 1 is 1.15 bits per heavy atom. The zero-order valence-corrected chi connectivity index (χ0v) is 26.3. The van der Waals surface area contributed by atoms with Gasteiger partial charge in [-0.3, -0.25) is 9.52 Å². The average molecular weight is 646 g/mol. The summed E-state index contributed by atoms with van der Waals surface area (Å²) >= 11 is 3.36. The molecule has 0 saturated heterocycles. The van der Waals surface area contributed by atoms with E-state index in [2.05, 4.69) is 13.2 Å². The van der Waals surface area contributed by atoms with Gasteiger partial charge < -0.3 is 9.45 Å². The van der Waals surface area contributed by atoms with Crippen molar-refractivity contribution >= 4 is 81.8 Å². The first-order valence-corrected chi connectivity index (χ1v) is 17.6. The highest BCUT2D eigenvalue weighted by Crippen LogP contribution is 2.47. The lowest BCUT2D eigenvalue weighted by atomic mass is 10.1. The van der Waals surface area contributed by atoms with E-state index in [1.807, 2.05) is 43.7 Å². The van der Waals surface area contributed by atoms with E-state index in [4.69, 9.17) is 0 Å². The first-order chi connectivity index (χ1) is 18.6. The normalized spacial score (nSPS) is 14.8. The van der Waals surface area contributed by atoms with E-state index in [0.29, 0.717) is 26.0 Å². The number of thioether (sulfide) groups is 1. The number of rotatable bonds is 8. The highest BCUT2D eigenvalue weighted by atomic mass is 32.2. The van der Waals surface area contributed by atoms with Crippen molar-refractivity contribution in [2.45, 2.75) is 38.0 Å². The summed E-state index contributed by atoms with van der Waals surface area (Å²) in [6.45, 7) is 11.6. The van der Waals surface area contributed by atoms with Gasteiger partial charge in [0, 0.05) is 17.0 Å². The molecule has 0 aliphatic carbocycles. The van der Waals surface area contributed by atoms with Crippen molar-refractivity contribution in [2.75, 3.05) is 17.7 Å². The fraction of sp³-hybridized carbons (Fsp3) is 0.280. The standard InChI is InChI=1S/C23H24FN3O6S5.C2H4/c1-5-15(9-22-27(12-38(31,32)33)23-18(35-22)10-19(24)36-23)8-21-26(11-20(28)25-37(4,29)30)16-6-13(2)14(3)7-17(16)34-21;1-2/h6-10H,5,11-12H2,1-4H3,(H-,25,28,31,32,33);1-2H2. The molecule has 216 valence electrons. The number of carbonyl (C=O) groups excluding carboxylic acids is 1. The predicted molar refractivity (Wildman–Crippen MR) is 159 cm³/mol. The van der Waals surface area contributed by atoms with Crippen LogP contribution in [0.1, 0.15) is 29.5 Å². The number of sulfonamides is 1. The average Bonchev–Trinajstić information content (AvgIpc) is 3.44. The fourth-order valence-corrected chi connectivity index (χ4v) is 8.51. The first-order valence-electron chi connectivity index (χ1n) is 11.7. The summed E-state index contributed by atoms with van der Waals surface area (Å²) in [6.07, 6.45) is 5.01. The lowest BCUT2D eigenvalue weighted by Crippen LogP contribution is -2.38. The number of benzene rings is 1. The Labute approximate surface area is 245 Å². The highest BCUT2D eigenvalue weighted by molar-refractivity contribution is 8.03. The Morgan fingerprint density at radius 3 is 2.40 bits per heavy atom. The lowest BCUT2D eigenvalue weighted by molar-refractivity contribution is -0.647. The number of hydrogen-bond acceptors (Lipinski definition) is 10. The molecule has 0 bridgehead atoms. The Balaban J connectivity index is 0.00000216. The van der Waals surface area contributed by atoms with Crippen molar-refractivity contribution in [3.63, 3.8) is 0 Å². The Kier molecular flexibility index (Phi) is 10.0. The number of thiazole rings is 1. The van der Waals surface area contributed by atoms with Crippen LogP contribution in [-0.4, -0.2) is 40.1 Å². The zero-order valence-electron chi connectivity index (χ0n) is 22.2. The quantitative estimate of drug-likeness (QED) is 0.213. The van der Waals surface area contributed by atoms with Crippen LogP contribution >= 0.6 is 34.4 Å². The molecular formula is C25H28FN3O6S5. The maximum atomic E-state index is 13.8. The van der Waals surface area contributed by atoms with E-state index in [1.165, 1.54) is 33.7 Å². The smallest absolute Gasteiger partial charge is 0.284 e. The van der Waals surface area contributed by atoms with Crippen molar-refractivity contribution in [1.29, 1.82) is 0 Å². The van der Waals surface area contributed by atoms with Crippen molar-refractivity contribution in [1.82, 2.24) is 4.72 Å². The van der Waals surface area contributed by atoms with Crippen molar-refractivity contribution in [3.8, 4) is 0 Å². The van der Waals surface area contributed by atoms with Gasteiger partial charge in [0.05, 0.1) is 17.0 Å². The predicted octanol–water partition coefficient (Wildman–Crippen LogP) is 4.63. The van der Waals surface area contributed by atoms with Crippen LogP contribution < -0.4 is 14.2 Å². The van der Waals surface area contributed by atoms with Gasteiger partial charge in [0.1, 0.15) is 11.2 Å². The van der Waals surface area contributed by atoms with Crippen molar-refractivity contribution in [2.24, 2.45) is 0 Å². The number of fused-ring (bicyclic) bond motifs is 2. The Bertz CT molecular complexity index is 1740. The molecule has 0 unspecified atom stereocenters. The number of hydrogen-bond donors (Lipinski definition) is 1. The summed E-state index contributed by atoms with van der Waals surface area (Å²) < 4.78 is 75.6. The molecule has 1 aromatic carbocycles. The van der Waals surface area contributed by atoms with Gasteiger partial charge in [-0.15, -0.1) is 13.2 Å². The summed E-state index contributed by atoms with van der Waals surface area (Å²) in [5, 5.41) is 0.660. The molecule has 2 aromatic heterocycles. The number of nitrogens with zero attached hydrogens (tertiary/aromatic N) is 2. The molecular weight excluding hydrogens is 618 g/mol. The van der Waals surface area contributed by atoms with E-state index in [1.54, 1.807) is 11.0 Å². The summed E-state index contributed by atoms with van der Waals surface area (Å²) in [6, 6.07) is 5.24. The maximum Gasteiger partial charge on any atom is 0.284 e. The number of amides is 1. The van der Waals surface area contributed by atoms with E-state index in [-0.39, 0.29) is 6.54 Å². The maximum absolute atomic E-state index is 13.8. The fourth-order valence-electron chi connectivity index (χ4n) is 3.82. The van der Waals surface area contributed by atoms with Gasteiger partial charge in [0.2, 0.25) is 15.9 Å². The van der Waals surface area contributed by atoms with Crippen LogP contribution in [0.5, 0.6) is 0 Å². The van der Waals surface area contributed by atoms with Gasteiger partial charge >= 0.3 is 0 Å². The summed E-state index contributed by atoms with van der Waals surface area (Å²) in [5.74, 6) is -1.52. The molecule has 3 heterocycles. The zero-order chi connectivity index (χ0) is 30.0. The van der Waals surface area contributed by atoms with Crippen molar-refractivity contribution < 1.29 is 35.1 Å². The molecule has 40 heavy (non-hydrogen) atoms.